The number of nitrogens with zero attached hydrogens (tertiary/aromatic N) is 2. The molecule has 1 aromatic heterocycles. The monoisotopic (exact) mass is 340 g/mol. The smallest absolute Gasteiger partial charge is 0.416 e. The van der Waals surface area contributed by atoms with Crippen LogP contribution in [0.2, 0.25) is 0 Å². The molecule has 0 saturated carbocycles. The van der Waals surface area contributed by atoms with Crippen molar-refractivity contribution in [2.45, 2.75) is 37.6 Å². The van der Waals surface area contributed by atoms with Crippen molar-refractivity contribution in [1.29, 1.82) is 0 Å². The third-order valence-electron chi connectivity index (χ3n) is 4.04. The van der Waals surface area contributed by atoms with Crippen LogP contribution in [-0.2, 0) is 12.6 Å². The number of rotatable bonds is 1. The van der Waals surface area contributed by atoms with Gasteiger partial charge in [0.1, 0.15) is 5.75 Å². The van der Waals surface area contributed by atoms with E-state index in [9.17, 15) is 28.5 Å². The fraction of sp³-hybridized carbons (Fsp3) is 0.375. The van der Waals surface area contributed by atoms with Crippen molar-refractivity contribution in [3.8, 4) is 17.0 Å². The third kappa shape index (κ3) is 3.07. The van der Waals surface area contributed by atoms with E-state index in [0.29, 0.717) is 11.3 Å². The number of fused-ring (bicyclic) bond motifs is 1. The fourth-order valence-electron chi connectivity index (χ4n) is 2.87. The Kier molecular flexibility index (Phi) is 3.76. The Morgan fingerprint density at radius 3 is 2.58 bits per heavy atom. The van der Waals surface area contributed by atoms with Gasteiger partial charge in [-0.05, 0) is 31.2 Å². The summed E-state index contributed by atoms with van der Waals surface area (Å²) >= 11 is 0. The standard InChI is InChI=1S/C16H15F3N2O3/c1-15(24)6-12-10(14(23)7-15)5-11(20-21-12)9-4-8(16(17,18)19)2-3-13(9)22/h2-5,14,22-24H,6-7H2,1H3. The van der Waals surface area contributed by atoms with E-state index in [0.717, 1.165) is 18.2 Å². The number of halogens is 3. The highest BCUT2D eigenvalue weighted by Gasteiger charge is 2.35. The molecule has 0 saturated heterocycles. The second kappa shape index (κ2) is 5.42. The molecule has 0 radical (unpaired) electrons. The van der Waals surface area contributed by atoms with Crippen molar-refractivity contribution in [1.82, 2.24) is 10.2 Å². The number of hydrogen-bond acceptors (Lipinski definition) is 5. The summed E-state index contributed by atoms with van der Waals surface area (Å²) in [6.07, 6.45) is -5.30. The van der Waals surface area contributed by atoms with Crippen LogP contribution in [0.5, 0.6) is 5.75 Å². The first-order chi connectivity index (χ1) is 11.1. The molecule has 24 heavy (non-hydrogen) atoms. The number of benzene rings is 1. The minimum Gasteiger partial charge on any atom is -0.507 e. The van der Waals surface area contributed by atoms with Gasteiger partial charge in [0.15, 0.2) is 0 Å². The van der Waals surface area contributed by atoms with E-state index >= 15 is 0 Å². The molecule has 0 fully saturated rings. The molecule has 0 spiro atoms. The molecule has 2 aromatic rings. The van der Waals surface area contributed by atoms with Crippen LogP contribution in [0.3, 0.4) is 0 Å². The van der Waals surface area contributed by atoms with Gasteiger partial charge in [-0.2, -0.15) is 23.4 Å². The average molecular weight is 340 g/mol. The molecule has 1 heterocycles. The Labute approximate surface area is 135 Å². The number of alkyl halides is 3. The Bertz CT molecular complexity index is 791. The van der Waals surface area contributed by atoms with Gasteiger partial charge >= 0.3 is 6.18 Å². The summed E-state index contributed by atoms with van der Waals surface area (Å²) in [6.45, 7) is 1.56. The van der Waals surface area contributed by atoms with E-state index in [1.807, 2.05) is 0 Å². The molecule has 1 aromatic carbocycles. The molecule has 128 valence electrons. The number of phenols is 1. The van der Waals surface area contributed by atoms with E-state index in [1.54, 1.807) is 6.92 Å². The molecule has 5 nitrogen and oxygen atoms in total. The van der Waals surface area contributed by atoms with Crippen molar-refractivity contribution in [2.24, 2.45) is 0 Å². The largest absolute Gasteiger partial charge is 0.507 e. The lowest BCUT2D eigenvalue weighted by Gasteiger charge is -2.32. The highest BCUT2D eigenvalue weighted by Crippen LogP contribution is 2.39. The number of hydrogen-bond donors (Lipinski definition) is 3. The number of phenolic OH excluding ortho intramolecular Hbond substituents is 1. The number of aromatic nitrogens is 2. The van der Waals surface area contributed by atoms with Gasteiger partial charge < -0.3 is 15.3 Å². The zero-order chi connectivity index (χ0) is 17.7. The van der Waals surface area contributed by atoms with Crippen LogP contribution >= 0.6 is 0 Å². The van der Waals surface area contributed by atoms with Crippen LogP contribution in [-0.4, -0.2) is 31.1 Å². The quantitative estimate of drug-likeness (QED) is 0.743. The van der Waals surface area contributed by atoms with Crippen molar-refractivity contribution < 1.29 is 28.5 Å². The van der Waals surface area contributed by atoms with E-state index in [2.05, 4.69) is 10.2 Å². The van der Waals surface area contributed by atoms with Gasteiger partial charge in [0.25, 0.3) is 0 Å². The van der Waals surface area contributed by atoms with Crippen LogP contribution < -0.4 is 0 Å². The maximum atomic E-state index is 12.9. The highest BCUT2D eigenvalue weighted by atomic mass is 19.4. The summed E-state index contributed by atoms with van der Waals surface area (Å²) in [5.74, 6) is -0.366. The first-order valence-electron chi connectivity index (χ1n) is 7.24. The molecule has 0 amide bonds. The van der Waals surface area contributed by atoms with Crippen LogP contribution in [0.25, 0.3) is 11.3 Å². The summed E-state index contributed by atoms with van der Waals surface area (Å²) in [7, 11) is 0. The molecule has 2 atom stereocenters. The fourth-order valence-corrected chi connectivity index (χ4v) is 2.87. The summed E-state index contributed by atoms with van der Waals surface area (Å²) < 4.78 is 38.6. The third-order valence-corrected chi connectivity index (χ3v) is 4.04. The Balaban J connectivity index is 2.08. The molecule has 1 aliphatic carbocycles. The van der Waals surface area contributed by atoms with Gasteiger partial charge in [0.05, 0.1) is 28.7 Å². The van der Waals surface area contributed by atoms with E-state index in [-0.39, 0.29) is 29.8 Å². The van der Waals surface area contributed by atoms with Gasteiger partial charge in [0.2, 0.25) is 0 Å². The minimum absolute atomic E-state index is 0.0259. The average Bonchev–Trinajstić information content (AvgIpc) is 2.45. The second-order valence-corrected chi connectivity index (χ2v) is 6.25. The van der Waals surface area contributed by atoms with Crippen molar-refractivity contribution in [3.05, 3.63) is 41.1 Å². The second-order valence-electron chi connectivity index (χ2n) is 6.25. The Morgan fingerprint density at radius 2 is 1.92 bits per heavy atom. The molecule has 2 unspecified atom stereocenters. The molecule has 3 rings (SSSR count). The van der Waals surface area contributed by atoms with Gasteiger partial charge in [-0.15, -0.1) is 0 Å². The Hall–Kier alpha value is -2.19. The summed E-state index contributed by atoms with van der Waals surface area (Å²) in [5.41, 5.74) is -1.36. The van der Waals surface area contributed by atoms with E-state index in [4.69, 9.17) is 0 Å². The molecule has 1 aliphatic rings. The maximum Gasteiger partial charge on any atom is 0.416 e. The molecule has 8 heteroatoms. The topological polar surface area (TPSA) is 86.5 Å². The van der Waals surface area contributed by atoms with Crippen LogP contribution in [0, 0.1) is 0 Å². The first kappa shape index (κ1) is 16.7. The first-order valence-corrected chi connectivity index (χ1v) is 7.24. The number of aliphatic hydroxyl groups excluding tert-OH is 1. The van der Waals surface area contributed by atoms with Crippen molar-refractivity contribution >= 4 is 0 Å². The normalized spacial score (nSPS) is 23.8. The highest BCUT2D eigenvalue weighted by molar-refractivity contribution is 5.68. The maximum absolute atomic E-state index is 12.9. The predicted octanol–water partition coefficient (Wildman–Crippen LogP) is 2.60. The lowest BCUT2D eigenvalue weighted by molar-refractivity contribution is -0.137. The Morgan fingerprint density at radius 1 is 1.21 bits per heavy atom. The summed E-state index contributed by atoms with van der Waals surface area (Å²) in [5, 5.41) is 37.8. The predicted molar refractivity (Wildman–Crippen MR) is 78.0 cm³/mol. The van der Waals surface area contributed by atoms with E-state index < -0.39 is 23.4 Å². The molecular weight excluding hydrogens is 325 g/mol. The van der Waals surface area contributed by atoms with Crippen LogP contribution in [0.4, 0.5) is 13.2 Å². The molecule has 0 bridgehead atoms. The van der Waals surface area contributed by atoms with Gasteiger partial charge in [0, 0.05) is 24.0 Å². The molecule has 3 N–H and O–H groups in total. The van der Waals surface area contributed by atoms with Gasteiger partial charge in [-0.3, -0.25) is 0 Å². The van der Waals surface area contributed by atoms with Crippen LogP contribution in [0.15, 0.2) is 24.3 Å². The number of aromatic hydroxyl groups is 1. The SMILES string of the molecule is CC1(O)Cc2nnc(-c3cc(C(F)(F)F)ccc3O)cc2C(O)C1. The van der Waals surface area contributed by atoms with E-state index in [1.165, 1.54) is 6.07 Å². The minimum atomic E-state index is -4.55. The van der Waals surface area contributed by atoms with Crippen LogP contribution in [0.1, 0.15) is 36.3 Å². The summed E-state index contributed by atoms with van der Waals surface area (Å²) in [4.78, 5) is 0. The lowest BCUT2D eigenvalue weighted by atomic mass is 9.82. The molecule has 0 aliphatic heterocycles. The number of aliphatic hydroxyl groups is 2. The lowest BCUT2D eigenvalue weighted by Crippen LogP contribution is -2.35. The van der Waals surface area contributed by atoms with Gasteiger partial charge in [-0.25, -0.2) is 0 Å². The molecular formula is C16H15F3N2O3. The zero-order valence-electron chi connectivity index (χ0n) is 12.7. The van der Waals surface area contributed by atoms with Gasteiger partial charge in [-0.1, -0.05) is 0 Å². The zero-order valence-corrected chi connectivity index (χ0v) is 12.7. The van der Waals surface area contributed by atoms with Crippen molar-refractivity contribution in [2.75, 3.05) is 0 Å². The summed E-state index contributed by atoms with van der Waals surface area (Å²) in [6, 6.07) is 3.91. The van der Waals surface area contributed by atoms with Crippen molar-refractivity contribution in [3.63, 3.8) is 0 Å².